The molecule has 0 heterocycles. The maximum Gasteiger partial charge on any atom is 0.142 e. The van der Waals surface area contributed by atoms with Gasteiger partial charge in [0.05, 0.1) is 5.02 Å². The second-order valence-electron chi connectivity index (χ2n) is 3.69. The van der Waals surface area contributed by atoms with Crippen LogP contribution in [0.5, 0.6) is 5.75 Å². The minimum atomic E-state index is -0.424. The van der Waals surface area contributed by atoms with Crippen LogP contribution in [0.1, 0.15) is 20.3 Å². The highest BCUT2D eigenvalue weighted by atomic mass is 35.5. The van der Waals surface area contributed by atoms with Gasteiger partial charge < -0.3 is 10.1 Å². The van der Waals surface area contributed by atoms with Gasteiger partial charge in [-0.05, 0) is 25.5 Å². The molecule has 1 aromatic rings. The first-order chi connectivity index (χ1) is 7.63. The van der Waals surface area contributed by atoms with E-state index >= 15 is 0 Å². The molecule has 0 aliphatic carbocycles. The second-order valence-corrected chi connectivity index (χ2v) is 4.09. The van der Waals surface area contributed by atoms with Crippen molar-refractivity contribution in [2.24, 2.45) is 0 Å². The van der Waals surface area contributed by atoms with Crippen LogP contribution < -0.4 is 10.1 Å². The van der Waals surface area contributed by atoms with Crippen molar-refractivity contribution < 1.29 is 9.13 Å². The summed E-state index contributed by atoms with van der Waals surface area (Å²) in [6, 6.07) is 4.85. The average molecular weight is 246 g/mol. The lowest BCUT2D eigenvalue weighted by Gasteiger charge is -2.12. The highest BCUT2D eigenvalue weighted by Crippen LogP contribution is 2.20. The van der Waals surface area contributed by atoms with E-state index in [1.165, 1.54) is 12.1 Å². The Labute approximate surface area is 101 Å². The van der Waals surface area contributed by atoms with Crippen LogP contribution in [0, 0.1) is 5.82 Å². The van der Waals surface area contributed by atoms with Gasteiger partial charge in [-0.15, -0.1) is 0 Å². The Hall–Kier alpha value is -0.800. The van der Waals surface area contributed by atoms with Gasteiger partial charge in [0.1, 0.15) is 18.2 Å². The molecule has 2 nitrogen and oxygen atoms in total. The highest BCUT2D eigenvalue weighted by Gasteiger charge is 2.01. The molecule has 1 atom stereocenters. The van der Waals surface area contributed by atoms with E-state index in [1.807, 2.05) is 0 Å². The zero-order chi connectivity index (χ0) is 12.0. The summed E-state index contributed by atoms with van der Waals surface area (Å²) in [4.78, 5) is 0. The number of hydrogen-bond acceptors (Lipinski definition) is 2. The number of hydrogen-bond donors (Lipinski definition) is 1. The molecule has 0 saturated heterocycles. The second kappa shape index (κ2) is 6.71. The summed E-state index contributed by atoms with van der Waals surface area (Å²) in [6.07, 6.45) is 1.09. The van der Waals surface area contributed by atoms with E-state index in [-0.39, 0.29) is 5.02 Å². The summed E-state index contributed by atoms with van der Waals surface area (Å²) in [6.45, 7) is 5.56. The highest BCUT2D eigenvalue weighted by molar-refractivity contribution is 6.30. The predicted octanol–water partition coefficient (Wildman–Crippen LogP) is 3.25. The van der Waals surface area contributed by atoms with Gasteiger partial charge in [0.2, 0.25) is 0 Å². The zero-order valence-corrected chi connectivity index (χ0v) is 10.4. The molecule has 0 saturated carbocycles. The van der Waals surface area contributed by atoms with Gasteiger partial charge in [-0.3, -0.25) is 0 Å². The van der Waals surface area contributed by atoms with E-state index < -0.39 is 5.82 Å². The molecule has 0 aliphatic heterocycles. The molecule has 16 heavy (non-hydrogen) atoms. The van der Waals surface area contributed by atoms with Crippen molar-refractivity contribution in [2.45, 2.75) is 26.3 Å². The van der Waals surface area contributed by atoms with Gasteiger partial charge in [0.15, 0.2) is 0 Å². The minimum absolute atomic E-state index is 0.0902. The van der Waals surface area contributed by atoms with Crippen molar-refractivity contribution in [3.63, 3.8) is 0 Å². The third-order valence-electron chi connectivity index (χ3n) is 2.37. The standard InChI is InChI=1S/C12H17ClFNO/c1-3-9(2)15-6-7-16-10-4-5-12(14)11(13)8-10/h4-5,8-9,15H,3,6-7H2,1-2H3. The molecule has 0 bridgehead atoms. The summed E-state index contributed by atoms with van der Waals surface area (Å²) in [5, 5.41) is 3.39. The van der Waals surface area contributed by atoms with Crippen LogP contribution in [0.4, 0.5) is 4.39 Å². The van der Waals surface area contributed by atoms with E-state index in [0.29, 0.717) is 18.4 Å². The van der Waals surface area contributed by atoms with Crippen LogP contribution in [0.15, 0.2) is 18.2 Å². The Morgan fingerprint density at radius 3 is 2.88 bits per heavy atom. The van der Waals surface area contributed by atoms with E-state index in [4.69, 9.17) is 16.3 Å². The molecular formula is C12H17ClFNO. The third-order valence-corrected chi connectivity index (χ3v) is 2.66. The van der Waals surface area contributed by atoms with Crippen molar-refractivity contribution in [1.29, 1.82) is 0 Å². The Morgan fingerprint density at radius 1 is 1.50 bits per heavy atom. The fraction of sp³-hybridized carbons (Fsp3) is 0.500. The normalized spacial score (nSPS) is 12.5. The van der Waals surface area contributed by atoms with Gasteiger partial charge in [0, 0.05) is 18.7 Å². The Bertz CT molecular complexity index is 333. The van der Waals surface area contributed by atoms with Crippen molar-refractivity contribution in [2.75, 3.05) is 13.2 Å². The number of halogens is 2. The molecular weight excluding hydrogens is 229 g/mol. The number of benzene rings is 1. The van der Waals surface area contributed by atoms with Crippen LogP contribution in [-0.4, -0.2) is 19.2 Å². The summed E-state index contributed by atoms with van der Waals surface area (Å²) >= 11 is 5.63. The molecule has 1 unspecified atom stereocenters. The Morgan fingerprint density at radius 2 is 2.25 bits per heavy atom. The Kier molecular flexibility index (Phi) is 5.56. The molecule has 1 aromatic carbocycles. The van der Waals surface area contributed by atoms with Gasteiger partial charge in [-0.25, -0.2) is 4.39 Å². The van der Waals surface area contributed by atoms with Crippen LogP contribution in [0.3, 0.4) is 0 Å². The fourth-order valence-electron chi connectivity index (χ4n) is 1.19. The molecule has 0 fully saturated rings. The fourth-order valence-corrected chi connectivity index (χ4v) is 1.36. The number of rotatable bonds is 6. The molecule has 0 spiro atoms. The van der Waals surface area contributed by atoms with Crippen molar-refractivity contribution in [3.05, 3.63) is 29.0 Å². The molecule has 0 aromatic heterocycles. The SMILES string of the molecule is CCC(C)NCCOc1ccc(F)c(Cl)c1. The summed E-state index contributed by atoms with van der Waals surface area (Å²) in [5.74, 6) is 0.170. The monoisotopic (exact) mass is 245 g/mol. The maximum atomic E-state index is 12.8. The smallest absolute Gasteiger partial charge is 0.142 e. The Balaban J connectivity index is 2.29. The van der Waals surface area contributed by atoms with Crippen LogP contribution in [0.25, 0.3) is 0 Å². The van der Waals surface area contributed by atoms with E-state index in [9.17, 15) is 4.39 Å². The number of ether oxygens (including phenoxy) is 1. The predicted molar refractivity (Wildman–Crippen MR) is 64.7 cm³/mol. The van der Waals surface area contributed by atoms with Gasteiger partial charge >= 0.3 is 0 Å². The molecule has 0 aliphatic rings. The molecule has 1 rings (SSSR count). The average Bonchev–Trinajstić information content (AvgIpc) is 2.28. The first-order valence-corrected chi connectivity index (χ1v) is 5.82. The van der Waals surface area contributed by atoms with Crippen molar-refractivity contribution in [1.82, 2.24) is 5.32 Å². The number of nitrogens with one attached hydrogen (secondary N) is 1. The van der Waals surface area contributed by atoms with Crippen LogP contribution in [0.2, 0.25) is 5.02 Å². The van der Waals surface area contributed by atoms with Crippen molar-refractivity contribution >= 4 is 11.6 Å². The lowest BCUT2D eigenvalue weighted by Crippen LogP contribution is -2.29. The van der Waals surface area contributed by atoms with Crippen LogP contribution in [-0.2, 0) is 0 Å². The maximum absolute atomic E-state index is 12.8. The van der Waals surface area contributed by atoms with E-state index in [2.05, 4.69) is 19.2 Å². The van der Waals surface area contributed by atoms with Crippen LogP contribution >= 0.6 is 11.6 Å². The van der Waals surface area contributed by atoms with Gasteiger partial charge in [0.25, 0.3) is 0 Å². The topological polar surface area (TPSA) is 21.3 Å². The lowest BCUT2D eigenvalue weighted by molar-refractivity contribution is 0.305. The van der Waals surface area contributed by atoms with Crippen molar-refractivity contribution in [3.8, 4) is 5.75 Å². The quantitative estimate of drug-likeness (QED) is 0.777. The molecule has 90 valence electrons. The molecule has 0 amide bonds. The molecule has 0 radical (unpaired) electrons. The lowest BCUT2D eigenvalue weighted by atomic mass is 10.3. The first-order valence-electron chi connectivity index (χ1n) is 5.44. The largest absolute Gasteiger partial charge is 0.492 e. The summed E-state index contributed by atoms with van der Waals surface area (Å²) in [7, 11) is 0. The minimum Gasteiger partial charge on any atom is -0.492 e. The summed E-state index contributed by atoms with van der Waals surface area (Å²) < 4.78 is 18.3. The van der Waals surface area contributed by atoms with E-state index in [1.54, 1.807) is 6.07 Å². The van der Waals surface area contributed by atoms with E-state index in [0.717, 1.165) is 13.0 Å². The first kappa shape index (κ1) is 13.3. The van der Waals surface area contributed by atoms with Gasteiger partial charge in [-0.1, -0.05) is 18.5 Å². The van der Waals surface area contributed by atoms with Gasteiger partial charge in [-0.2, -0.15) is 0 Å². The molecule has 1 N–H and O–H groups in total. The zero-order valence-electron chi connectivity index (χ0n) is 9.59. The molecule has 4 heteroatoms. The third kappa shape index (κ3) is 4.37. The summed E-state index contributed by atoms with van der Waals surface area (Å²) in [5.41, 5.74) is 0.